The molecule has 0 aliphatic carbocycles. The summed E-state index contributed by atoms with van der Waals surface area (Å²) in [5.41, 5.74) is 1.12. The van der Waals surface area contributed by atoms with Crippen molar-refractivity contribution in [2.24, 2.45) is 4.99 Å². The third kappa shape index (κ3) is 5.00. The first-order valence-corrected chi connectivity index (χ1v) is 12.5. The number of anilines is 1. The minimum absolute atomic E-state index is 0.820. The molecular formula is C13H17Br2N3Sr. The van der Waals surface area contributed by atoms with Gasteiger partial charge in [-0.05, 0) is 0 Å². The Hall–Kier alpha value is 0.931. The predicted molar refractivity (Wildman–Crippen MR) is 90.9 cm³/mol. The average molecular weight is 463 g/mol. The summed E-state index contributed by atoms with van der Waals surface area (Å²) in [6, 6.07) is 4.58. The first kappa shape index (κ1) is 16.3. The molecule has 0 amide bonds. The fourth-order valence-corrected chi connectivity index (χ4v) is 8.20. The molecule has 0 atom stereocenters. The quantitative estimate of drug-likeness (QED) is 0.521. The molecule has 100 valence electrons. The Balaban J connectivity index is 2.11. The van der Waals surface area contributed by atoms with Gasteiger partial charge >= 0.3 is 156 Å². The Morgan fingerprint density at radius 3 is 2.95 bits per heavy atom. The number of benzene rings is 1. The molecule has 1 aromatic rings. The summed E-state index contributed by atoms with van der Waals surface area (Å²) < 4.78 is 5.23. The average Bonchev–Trinajstić information content (AvgIpc) is 2.88. The zero-order valence-corrected chi connectivity index (χ0v) is 17.7. The summed E-state index contributed by atoms with van der Waals surface area (Å²) in [6.07, 6.45) is 2.68. The second-order valence-electron chi connectivity index (χ2n) is 4.68. The van der Waals surface area contributed by atoms with Gasteiger partial charge in [-0.2, -0.15) is 0 Å². The number of rotatable bonds is 5. The molecule has 0 saturated heterocycles. The summed E-state index contributed by atoms with van der Waals surface area (Å²) in [7, 11) is 0. The molecule has 2 N–H and O–H groups in total. The van der Waals surface area contributed by atoms with E-state index < -0.39 is 41.0 Å². The van der Waals surface area contributed by atoms with Crippen molar-refractivity contribution in [3.8, 4) is 0 Å². The number of nitrogens with zero attached hydrogens (tertiary/aromatic N) is 1. The molecule has 0 radical (unpaired) electrons. The van der Waals surface area contributed by atoms with E-state index >= 15 is 0 Å². The van der Waals surface area contributed by atoms with Crippen LogP contribution in [0.3, 0.4) is 0 Å². The van der Waals surface area contributed by atoms with Crippen LogP contribution in [0, 0.1) is 0 Å². The van der Waals surface area contributed by atoms with Crippen LogP contribution in [0.1, 0.15) is 19.8 Å². The monoisotopic (exact) mass is 461 g/mol. The normalized spacial score (nSPS) is 13.7. The number of hydrogen-bond acceptors (Lipinski definition) is 3. The van der Waals surface area contributed by atoms with E-state index in [0.29, 0.717) is 0 Å². The molecular weight excluding hydrogens is 446 g/mol. The van der Waals surface area contributed by atoms with Crippen molar-refractivity contribution >= 4 is 85.1 Å². The Kier molecular flexibility index (Phi) is 7.20. The Bertz CT molecular complexity index is 477. The number of aliphatic imine (C=N–C) groups is 1. The van der Waals surface area contributed by atoms with Gasteiger partial charge in [0.05, 0.1) is 0 Å². The molecule has 6 heteroatoms. The third-order valence-electron chi connectivity index (χ3n) is 3.08. The van der Waals surface area contributed by atoms with Gasteiger partial charge in [-0.3, -0.25) is 0 Å². The van der Waals surface area contributed by atoms with Crippen molar-refractivity contribution in [3.63, 3.8) is 0 Å². The molecule has 19 heavy (non-hydrogen) atoms. The van der Waals surface area contributed by atoms with Crippen LogP contribution in [0.2, 0.25) is 1.39 Å². The zero-order chi connectivity index (χ0) is 13.7. The van der Waals surface area contributed by atoms with E-state index in [-0.39, 0.29) is 0 Å². The maximum absolute atomic E-state index is 4.38. The van der Waals surface area contributed by atoms with Gasteiger partial charge in [0, 0.05) is 0 Å². The molecule has 0 saturated carbocycles. The first-order chi connectivity index (χ1) is 9.20. The number of halogens is 2. The van der Waals surface area contributed by atoms with Gasteiger partial charge < -0.3 is 0 Å². The standard InChI is InChI=1S/C9H8Br2N3.C4H9.Sr/c10-6-2-1-3-7(8(6)11)14-9-12-4-5-13-9;1-3-4-2;/h2-3H,4-5H2,(H2,12,13,14);1,3-4H2,2H3;. The molecule has 0 unspecified atom stereocenters. The van der Waals surface area contributed by atoms with E-state index in [1.165, 1.54) is 14.2 Å². The van der Waals surface area contributed by atoms with Crippen LogP contribution < -0.4 is 11.2 Å². The second-order valence-corrected chi connectivity index (χ2v) is 11.3. The molecule has 0 fully saturated rings. The van der Waals surface area contributed by atoms with Crippen LogP contribution in [0.25, 0.3) is 0 Å². The fraction of sp³-hybridized carbons (Fsp3) is 0.462. The molecule has 0 bridgehead atoms. The van der Waals surface area contributed by atoms with Gasteiger partial charge in [0.2, 0.25) is 0 Å². The Morgan fingerprint density at radius 2 is 2.26 bits per heavy atom. The molecule has 0 spiro atoms. The number of unbranched alkanes of at least 4 members (excludes halogenated alkanes) is 1. The van der Waals surface area contributed by atoms with Gasteiger partial charge in [-0.25, -0.2) is 0 Å². The maximum atomic E-state index is 4.38. The van der Waals surface area contributed by atoms with Crippen LogP contribution in [0.5, 0.6) is 0 Å². The van der Waals surface area contributed by atoms with Crippen LogP contribution in [0.15, 0.2) is 26.1 Å². The summed E-state index contributed by atoms with van der Waals surface area (Å²) in [6.45, 7) is 4.05. The number of hydrogen-bond donors (Lipinski definition) is 2. The van der Waals surface area contributed by atoms with Crippen molar-refractivity contribution in [2.45, 2.75) is 21.2 Å². The van der Waals surface area contributed by atoms with Crippen molar-refractivity contribution in [1.82, 2.24) is 5.32 Å². The van der Waals surface area contributed by atoms with Gasteiger partial charge in [-0.15, -0.1) is 0 Å². The summed E-state index contributed by atoms with van der Waals surface area (Å²) in [5, 5.41) is 6.62. The molecule has 1 aromatic carbocycles. The fourth-order valence-electron chi connectivity index (χ4n) is 2.07. The first-order valence-electron chi connectivity index (χ1n) is 6.74. The van der Waals surface area contributed by atoms with Crippen molar-refractivity contribution in [3.05, 3.63) is 21.1 Å². The molecule has 1 heterocycles. The number of nitrogens with one attached hydrogen (secondary N) is 2. The predicted octanol–water partition coefficient (Wildman–Crippen LogP) is 3.13. The topological polar surface area (TPSA) is 36.4 Å². The van der Waals surface area contributed by atoms with E-state index in [0.717, 1.165) is 33.7 Å². The third-order valence-corrected chi connectivity index (χ3v) is 9.62. The SMILES string of the molecule is CCC[CH2][Sr][c]1cc(Br)c(Br)c(NC2=NCCN2)c1. The van der Waals surface area contributed by atoms with Crippen molar-refractivity contribution in [1.29, 1.82) is 0 Å². The van der Waals surface area contributed by atoms with Gasteiger partial charge in [-0.1, -0.05) is 0 Å². The Morgan fingerprint density at radius 1 is 1.42 bits per heavy atom. The molecule has 3 nitrogen and oxygen atoms in total. The summed E-state index contributed by atoms with van der Waals surface area (Å²) >= 11 is 6.46. The minimum atomic E-state index is -0.820. The van der Waals surface area contributed by atoms with Crippen LogP contribution in [0.4, 0.5) is 5.69 Å². The van der Waals surface area contributed by atoms with Gasteiger partial charge in [0.15, 0.2) is 0 Å². The van der Waals surface area contributed by atoms with E-state index in [1.54, 1.807) is 0.534 Å². The number of guanidine groups is 1. The second kappa shape index (κ2) is 8.39. The zero-order valence-electron chi connectivity index (χ0n) is 11.1. The van der Waals surface area contributed by atoms with Crippen molar-refractivity contribution in [2.75, 3.05) is 18.4 Å². The van der Waals surface area contributed by atoms with Crippen LogP contribution in [-0.4, -0.2) is 60.1 Å². The van der Waals surface area contributed by atoms with E-state index in [1.807, 2.05) is 0 Å². The van der Waals surface area contributed by atoms with Crippen molar-refractivity contribution < 1.29 is 0 Å². The van der Waals surface area contributed by atoms with E-state index in [2.05, 4.69) is 66.5 Å². The Labute approximate surface area is 154 Å². The molecule has 0 aromatic heterocycles. The summed E-state index contributed by atoms with van der Waals surface area (Å²) in [5.74, 6) is 0.883. The molecule has 1 aliphatic rings. The van der Waals surface area contributed by atoms with Gasteiger partial charge in [0.25, 0.3) is 0 Å². The van der Waals surface area contributed by atoms with Crippen LogP contribution in [-0.2, 0) is 0 Å². The molecule has 1 aliphatic heterocycles. The summed E-state index contributed by atoms with van der Waals surface area (Å²) in [4.78, 5) is 4.38. The molecule has 2 rings (SSSR count). The van der Waals surface area contributed by atoms with E-state index in [4.69, 9.17) is 0 Å². The van der Waals surface area contributed by atoms with Gasteiger partial charge in [0.1, 0.15) is 0 Å². The van der Waals surface area contributed by atoms with Crippen LogP contribution >= 0.6 is 31.9 Å². The van der Waals surface area contributed by atoms with E-state index in [9.17, 15) is 0 Å².